The Morgan fingerprint density at radius 2 is 1.91 bits per heavy atom. The lowest BCUT2D eigenvalue weighted by molar-refractivity contribution is -0.146. The van der Waals surface area contributed by atoms with Gasteiger partial charge in [-0.1, -0.05) is 62.7 Å². The molecule has 0 saturated carbocycles. The molecule has 1 aliphatic heterocycles. The van der Waals surface area contributed by atoms with Gasteiger partial charge in [0, 0.05) is 0 Å². The molecule has 3 N–H and O–H groups in total. The third kappa shape index (κ3) is 8.54. The van der Waals surface area contributed by atoms with E-state index in [0.29, 0.717) is 23.7 Å². The lowest BCUT2D eigenvalue weighted by atomic mass is 10.1. The number of aliphatic carboxylic acids is 1. The summed E-state index contributed by atoms with van der Waals surface area (Å²) in [5.41, 5.74) is 5.83. The van der Waals surface area contributed by atoms with Crippen molar-refractivity contribution in [3.63, 3.8) is 0 Å². The number of carbonyl (C=O) groups excluding carboxylic acids is 2. The molecular weight excluding hydrogens is 488 g/mol. The highest BCUT2D eigenvalue weighted by molar-refractivity contribution is 8.26. The molecule has 2 atom stereocenters. The van der Waals surface area contributed by atoms with E-state index in [-0.39, 0.29) is 15.3 Å². The molecule has 35 heavy (non-hydrogen) atoms. The number of carboxylic acid groups (broad SMARTS) is 1. The Labute approximate surface area is 216 Å². The minimum absolute atomic E-state index is 0.0381. The first kappa shape index (κ1) is 28.6. The molecule has 1 heterocycles. The number of rotatable bonds is 15. The van der Waals surface area contributed by atoms with Crippen LogP contribution in [-0.4, -0.2) is 50.9 Å². The third-order valence-corrected chi connectivity index (χ3v) is 6.75. The second-order valence-electron chi connectivity index (χ2n) is 8.35. The number of nitrogens with zero attached hydrogens (tertiary/aromatic N) is 1. The van der Waals surface area contributed by atoms with Crippen molar-refractivity contribution in [2.75, 3.05) is 6.61 Å². The van der Waals surface area contributed by atoms with Crippen molar-refractivity contribution in [1.29, 1.82) is 0 Å². The van der Waals surface area contributed by atoms with Gasteiger partial charge >= 0.3 is 5.97 Å². The quantitative estimate of drug-likeness (QED) is 0.193. The minimum atomic E-state index is -1.44. The summed E-state index contributed by atoms with van der Waals surface area (Å²) in [6, 6.07) is 3.94. The van der Waals surface area contributed by atoms with Crippen LogP contribution in [0.2, 0.25) is 0 Å². The number of unbranched alkanes of at least 4 members (excludes halogenated alkanes) is 4. The third-order valence-electron chi connectivity index (χ3n) is 5.42. The van der Waals surface area contributed by atoms with E-state index in [1.165, 1.54) is 25.7 Å². The number of thiocarbonyl (C=S) groups is 1. The maximum Gasteiger partial charge on any atom is 0.327 e. The number of primary amides is 1. The highest BCUT2D eigenvalue weighted by Gasteiger charge is 2.41. The first-order valence-corrected chi connectivity index (χ1v) is 13.1. The number of thioether (sulfide) groups is 1. The molecule has 1 fully saturated rings. The zero-order chi connectivity index (χ0) is 26.0. The standard InChI is InChI=1S/C25H34N2O6S2/c1-4-6-7-8-9-10-16(3)33-19-12-11-17(13-20(19)32-5-2)14-21-23(29)27(25(34)35-21)18(24(30)31)15-22(26)28/h11-14,16,18H,4-10,15H2,1-3H3,(H2,26,28)(H,30,31)/b21-14+/t16-,18+/m1/s1. The molecule has 0 bridgehead atoms. The Bertz CT molecular complexity index is 965. The summed E-state index contributed by atoms with van der Waals surface area (Å²) in [5, 5.41) is 9.46. The Morgan fingerprint density at radius 3 is 2.54 bits per heavy atom. The van der Waals surface area contributed by atoms with Crippen LogP contribution in [0.15, 0.2) is 23.1 Å². The molecule has 1 aromatic rings. The zero-order valence-electron chi connectivity index (χ0n) is 20.5. The smallest absolute Gasteiger partial charge is 0.327 e. The number of carboxylic acids is 1. The van der Waals surface area contributed by atoms with E-state index >= 15 is 0 Å². The minimum Gasteiger partial charge on any atom is -0.490 e. The average molecular weight is 523 g/mol. The van der Waals surface area contributed by atoms with Crippen molar-refractivity contribution < 1.29 is 29.0 Å². The van der Waals surface area contributed by atoms with Crippen molar-refractivity contribution in [1.82, 2.24) is 4.90 Å². The van der Waals surface area contributed by atoms with Crippen LogP contribution in [0.3, 0.4) is 0 Å². The second-order valence-corrected chi connectivity index (χ2v) is 10.0. The predicted octanol–water partition coefficient (Wildman–Crippen LogP) is 4.74. The summed E-state index contributed by atoms with van der Waals surface area (Å²) in [6.45, 7) is 6.56. The second kappa shape index (κ2) is 14.1. The number of hydrogen-bond acceptors (Lipinski definition) is 7. The summed E-state index contributed by atoms with van der Waals surface area (Å²) < 4.78 is 12.0. The molecule has 0 aromatic heterocycles. The summed E-state index contributed by atoms with van der Waals surface area (Å²) in [5.74, 6) is -1.57. The first-order valence-electron chi connectivity index (χ1n) is 11.9. The molecule has 10 heteroatoms. The molecule has 2 amide bonds. The van der Waals surface area contributed by atoms with Crippen LogP contribution >= 0.6 is 24.0 Å². The van der Waals surface area contributed by atoms with Crippen molar-refractivity contribution in [3.8, 4) is 11.5 Å². The Kier molecular flexibility index (Phi) is 11.5. The van der Waals surface area contributed by atoms with E-state index in [1.54, 1.807) is 24.3 Å². The normalized spacial score (nSPS) is 16.4. The maximum atomic E-state index is 12.9. The van der Waals surface area contributed by atoms with Gasteiger partial charge in [-0.3, -0.25) is 14.5 Å². The van der Waals surface area contributed by atoms with Gasteiger partial charge in [0.25, 0.3) is 5.91 Å². The van der Waals surface area contributed by atoms with E-state index in [9.17, 15) is 19.5 Å². The predicted molar refractivity (Wildman–Crippen MR) is 141 cm³/mol. The summed E-state index contributed by atoms with van der Waals surface area (Å²) in [6.07, 6.45) is 8.10. The Morgan fingerprint density at radius 1 is 1.20 bits per heavy atom. The summed E-state index contributed by atoms with van der Waals surface area (Å²) in [4.78, 5) is 37.0. The van der Waals surface area contributed by atoms with E-state index < -0.39 is 30.2 Å². The number of benzene rings is 1. The van der Waals surface area contributed by atoms with E-state index in [1.807, 2.05) is 13.8 Å². The van der Waals surface area contributed by atoms with Gasteiger partial charge in [-0.25, -0.2) is 4.79 Å². The molecule has 0 unspecified atom stereocenters. The number of amides is 2. The van der Waals surface area contributed by atoms with Crippen LogP contribution in [0.5, 0.6) is 11.5 Å². The molecule has 8 nitrogen and oxygen atoms in total. The van der Waals surface area contributed by atoms with Crippen LogP contribution < -0.4 is 15.2 Å². The van der Waals surface area contributed by atoms with Gasteiger partial charge in [-0.15, -0.1) is 0 Å². The van der Waals surface area contributed by atoms with Gasteiger partial charge in [0.05, 0.1) is 24.0 Å². The molecule has 2 rings (SSSR count). The van der Waals surface area contributed by atoms with Gasteiger partial charge < -0.3 is 20.3 Å². The largest absolute Gasteiger partial charge is 0.490 e. The molecule has 0 radical (unpaired) electrons. The average Bonchev–Trinajstić information content (AvgIpc) is 3.06. The summed E-state index contributed by atoms with van der Waals surface area (Å²) in [7, 11) is 0. The fourth-order valence-electron chi connectivity index (χ4n) is 3.67. The SMILES string of the molecule is CCCCCCC[C@@H](C)Oc1ccc(/C=C2/SC(=S)N([C@@H](CC(N)=O)C(=O)O)C2=O)cc1OCC. The fraction of sp³-hybridized carbons (Fsp3) is 0.520. The molecular formula is C25H34N2O6S2. The van der Waals surface area contributed by atoms with Crippen LogP contribution in [0, 0.1) is 0 Å². The van der Waals surface area contributed by atoms with Crippen molar-refractivity contribution >= 4 is 52.2 Å². The molecule has 1 saturated heterocycles. The summed E-state index contributed by atoms with van der Waals surface area (Å²) >= 11 is 6.20. The fourth-order valence-corrected chi connectivity index (χ4v) is 5.03. The Hall–Kier alpha value is -2.59. The lowest BCUT2D eigenvalue weighted by Gasteiger charge is -2.21. The highest BCUT2D eigenvalue weighted by Crippen LogP contribution is 2.36. The van der Waals surface area contributed by atoms with E-state index in [4.69, 9.17) is 27.4 Å². The van der Waals surface area contributed by atoms with Crippen molar-refractivity contribution in [2.24, 2.45) is 5.73 Å². The Balaban J connectivity index is 2.16. The van der Waals surface area contributed by atoms with Crippen LogP contribution in [0.25, 0.3) is 6.08 Å². The number of ether oxygens (including phenoxy) is 2. The number of carbonyl (C=O) groups is 3. The van der Waals surface area contributed by atoms with Crippen molar-refractivity contribution in [3.05, 3.63) is 28.7 Å². The maximum absolute atomic E-state index is 12.9. The number of hydrogen-bond donors (Lipinski definition) is 2. The van der Waals surface area contributed by atoms with Gasteiger partial charge in [-0.2, -0.15) is 0 Å². The van der Waals surface area contributed by atoms with Crippen LogP contribution in [0.1, 0.15) is 71.3 Å². The first-order chi connectivity index (χ1) is 16.7. The van der Waals surface area contributed by atoms with E-state index in [2.05, 4.69) is 6.92 Å². The topological polar surface area (TPSA) is 119 Å². The lowest BCUT2D eigenvalue weighted by Crippen LogP contribution is -2.46. The molecule has 0 spiro atoms. The van der Waals surface area contributed by atoms with Crippen LogP contribution in [0.4, 0.5) is 0 Å². The van der Waals surface area contributed by atoms with Crippen molar-refractivity contribution in [2.45, 2.75) is 77.9 Å². The molecule has 1 aliphatic rings. The zero-order valence-corrected chi connectivity index (χ0v) is 22.1. The highest BCUT2D eigenvalue weighted by atomic mass is 32.2. The number of nitrogens with two attached hydrogens (primary N) is 1. The monoisotopic (exact) mass is 522 g/mol. The van der Waals surface area contributed by atoms with Crippen LogP contribution in [-0.2, 0) is 14.4 Å². The van der Waals surface area contributed by atoms with Gasteiger partial charge in [0.15, 0.2) is 11.5 Å². The van der Waals surface area contributed by atoms with Gasteiger partial charge in [0.1, 0.15) is 10.4 Å². The molecule has 192 valence electrons. The van der Waals surface area contributed by atoms with E-state index in [0.717, 1.165) is 29.5 Å². The molecule has 0 aliphatic carbocycles. The van der Waals surface area contributed by atoms with Gasteiger partial charge in [-0.05, 0) is 50.5 Å². The van der Waals surface area contributed by atoms with Gasteiger partial charge in [0.2, 0.25) is 5.91 Å². The molecule has 1 aromatic carbocycles.